The molecular formula is C19H15ClN6OS. The molecule has 1 aromatic carbocycles. The normalized spacial score (nSPS) is 10.9. The molecule has 9 heteroatoms. The minimum Gasteiger partial charge on any atom is -0.325 e. The van der Waals surface area contributed by atoms with Gasteiger partial charge in [-0.15, -0.1) is 10.2 Å². The Balaban J connectivity index is 1.47. The lowest BCUT2D eigenvalue weighted by Crippen LogP contribution is -2.14. The standard InChI is InChI=1S/C19H15ClN6OS/c1-12-2-3-14(10-15(12)20)22-17(27)11-28-18-5-4-16-23-24-19(26(16)25-18)13-6-8-21-9-7-13/h2-10H,11H2,1H3,(H,22,27). The van der Waals surface area contributed by atoms with Gasteiger partial charge in [0, 0.05) is 28.7 Å². The van der Waals surface area contributed by atoms with Gasteiger partial charge in [0.25, 0.3) is 0 Å². The predicted octanol–water partition coefficient (Wildman–Crippen LogP) is 3.88. The molecule has 1 amide bonds. The van der Waals surface area contributed by atoms with E-state index in [2.05, 4.69) is 25.6 Å². The minimum absolute atomic E-state index is 0.134. The minimum atomic E-state index is -0.134. The molecule has 0 bridgehead atoms. The third-order valence-corrected chi connectivity index (χ3v) is 5.31. The van der Waals surface area contributed by atoms with E-state index in [0.29, 0.717) is 27.2 Å². The first-order valence-corrected chi connectivity index (χ1v) is 9.78. The smallest absolute Gasteiger partial charge is 0.234 e. The fraction of sp³-hybridized carbons (Fsp3) is 0.105. The van der Waals surface area contributed by atoms with Gasteiger partial charge < -0.3 is 5.32 Å². The maximum absolute atomic E-state index is 12.2. The van der Waals surface area contributed by atoms with Crippen LogP contribution in [0.3, 0.4) is 0 Å². The van der Waals surface area contributed by atoms with E-state index < -0.39 is 0 Å². The Bertz CT molecular complexity index is 1150. The zero-order chi connectivity index (χ0) is 19.5. The average Bonchev–Trinajstić information content (AvgIpc) is 3.13. The maximum Gasteiger partial charge on any atom is 0.234 e. The second kappa shape index (κ2) is 7.95. The molecule has 4 aromatic rings. The number of nitrogens with zero attached hydrogens (tertiary/aromatic N) is 5. The summed E-state index contributed by atoms with van der Waals surface area (Å²) in [5.74, 6) is 0.708. The van der Waals surface area contributed by atoms with E-state index in [0.717, 1.165) is 11.1 Å². The van der Waals surface area contributed by atoms with Crippen LogP contribution in [0, 0.1) is 6.92 Å². The first-order chi connectivity index (χ1) is 13.6. The Morgan fingerprint density at radius 3 is 2.75 bits per heavy atom. The molecule has 0 saturated carbocycles. The largest absolute Gasteiger partial charge is 0.325 e. The Hall–Kier alpha value is -2.97. The summed E-state index contributed by atoms with van der Waals surface area (Å²) in [6, 6.07) is 12.8. The third kappa shape index (κ3) is 3.97. The molecule has 4 rings (SSSR count). The van der Waals surface area contributed by atoms with Crippen molar-refractivity contribution in [3.63, 3.8) is 0 Å². The van der Waals surface area contributed by atoms with Gasteiger partial charge >= 0.3 is 0 Å². The highest BCUT2D eigenvalue weighted by molar-refractivity contribution is 7.99. The second-order valence-corrected chi connectivity index (χ2v) is 7.40. The number of halogens is 1. The lowest BCUT2D eigenvalue weighted by atomic mass is 10.2. The number of benzene rings is 1. The molecule has 0 radical (unpaired) electrons. The van der Waals surface area contributed by atoms with Crippen molar-refractivity contribution in [2.24, 2.45) is 0 Å². The molecule has 0 aliphatic carbocycles. The van der Waals surface area contributed by atoms with Crippen LogP contribution in [0.25, 0.3) is 17.0 Å². The number of anilines is 1. The SMILES string of the molecule is Cc1ccc(NC(=O)CSc2ccc3nnc(-c4ccncc4)n3n2)cc1Cl. The van der Waals surface area contributed by atoms with E-state index in [1.54, 1.807) is 23.0 Å². The molecule has 7 nitrogen and oxygen atoms in total. The van der Waals surface area contributed by atoms with Crippen molar-refractivity contribution >= 4 is 40.6 Å². The highest BCUT2D eigenvalue weighted by Gasteiger charge is 2.11. The molecule has 1 N–H and O–H groups in total. The van der Waals surface area contributed by atoms with Crippen LogP contribution in [0.15, 0.2) is 59.9 Å². The summed E-state index contributed by atoms with van der Waals surface area (Å²) in [4.78, 5) is 16.3. The van der Waals surface area contributed by atoms with Crippen molar-refractivity contribution in [2.45, 2.75) is 11.9 Å². The summed E-state index contributed by atoms with van der Waals surface area (Å²) < 4.78 is 1.66. The van der Waals surface area contributed by atoms with Crippen LogP contribution in [-0.2, 0) is 4.79 Å². The predicted molar refractivity (Wildman–Crippen MR) is 110 cm³/mol. The van der Waals surface area contributed by atoms with E-state index in [1.165, 1.54) is 11.8 Å². The summed E-state index contributed by atoms with van der Waals surface area (Å²) in [6.45, 7) is 1.91. The van der Waals surface area contributed by atoms with Gasteiger partial charge in [-0.3, -0.25) is 9.78 Å². The molecular weight excluding hydrogens is 396 g/mol. The van der Waals surface area contributed by atoms with Crippen molar-refractivity contribution in [1.82, 2.24) is 24.8 Å². The summed E-state index contributed by atoms with van der Waals surface area (Å²) in [5.41, 5.74) is 3.13. The fourth-order valence-electron chi connectivity index (χ4n) is 2.54. The molecule has 3 aromatic heterocycles. The van der Waals surface area contributed by atoms with Gasteiger partial charge in [0.1, 0.15) is 5.03 Å². The number of aromatic nitrogens is 5. The number of amides is 1. The Kier molecular flexibility index (Phi) is 5.23. The van der Waals surface area contributed by atoms with Crippen molar-refractivity contribution in [1.29, 1.82) is 0 Å². The molecule has 0 aliphatic rings. The number of nitrogens with one attached hydrogen (secondary N) is 1. The quantitative estimate of drug-likeness (QED) is 0.502. The highest BCUT2D eigenvalue weighted by atomic mass is 35.5. The Labute approximate surface area is 170 Å². The number of fused-ring (bicyclic) bond motifs is 1. The number of pyridine rings is 1. The van der Waals surface area contributed by atoms with E-state index >= 15 is 0 Å². The van der Waals surface area contributed by atoms with Gasteiger partial charge in [0.2, 0.25) is 5.91 Å². The maximum atomic E-state index is 12.2. The van der Waals surface area contributed by atoms with Crippen LogP contribution >= 0.6 is 23.4 Å². The highest BCUT2D eigenvalue weighted by Crippen LogP contribution is 2.22. The zero-order valence-electron chi connectivity index (χ0n) is 14.8. The number of hydrogen-bond acceptors (Lipinski definition) is 6. The van der Waals surface area contributed by atoms with Crippen LogP contribution in [0.4, 0.5) is 5.69 Å². The van der Waals surface area contributed by atoms with E-state index in [1.807, 2.05) is 43.3 Å². The summed E-state index contributed by atoms with van der Waals surface area (Å²) in [7, 11) is 0. The molecule has 140 valence electrons. The van der Waals surface area contributed by atoms with Gasteiger partial charge in [-0.2, -0.15) is 9.61 Å². The zero-order valence-corrected chi connectivity index (χ0v) is 16.4. The van der Waals surface area contributed by atoms with Crippen LogP contribution in [0.1, 0.15) is 5.56 Å². The summed E-state index contributed by atoms with van der Waals surface area (Å²) >= 11 is 7.43. The molecule has 0 saturated heterocycles. The van der Waals surface area contributed by atoms with Gasteiger partial charge in [-0.1, -0.05) is 29.4 Å². The molecule has 0 fully saturated rings. The van der Waals surface area contributed by atoms with Crippen molar-refractivity contribution < 1.29 is 4.79 Å². The van der Waals surface area contributed by atoms with Crippen LogP contribution in [-0.4, -0.2) is 36.5 Å². The lowest BCUT2D eigenvalue weighted by molar-refractivity contribution is -0.113. The summed E-state index contributed by atoms with van der Waals surface area (Å²) in [5, 5.41) is 17.0. The van der Waals surface area contributed by atoms with E-state index in [4.69, 9.17) is 11.6 Å². The fourth-order valence-corrected chi connectivity index (χ4v) is 3.37. The topological polar surface area (TPSA) is 85.1 Å². The van der Waals surface area contributed by atoms with Gasteiger partial charge in [0.15, 0.2) is 11.5 Å². The lowest BCUT2D eigenvalue weighted by Gasteiger charge is -2.07. The van der Waals surface area contributed by atoms with Gasteiger partial charge in [0.05, 0.1) is 5.75 Å². The van der Waals surface area contributed by atoms with Crippen molar-refractivity contribution in [2.75, 3.05) is 11.1 Å². The van der Waals surface area contributed by atoms with Crippen LogP contribution in [0.5, 0.6) is 0 Å². The molecule has 0 atom stereocenters. The van der Waals surface area contributed by atoms with E-state index in [9.17, 15) is 4.79 Å². The van der Waals surface area contributed by atoms with Gasteiger partial charge in [-0.25, -0.2) is 0 Å². The second-order valence-electron chi connectivity index (χ2n) is 6.00. The molecule has 0 unspecified atom stereocenters. The first-order valence-electron chi connectivity index (χ1n) is 8.42. The molecule has 28 heavy (non-hydrogen) atoms. The van der Waals surface area contributed by atoms with E-state index in [-0.39, 0.29) is 11.7 Å². The van der Waals surface area contributed by atoms with Crippen molar-refractivity contribution in [3.8, 4) is 11.4 Å². The van der Waals surface area contributed by atoms with Gasteiger partial charge in [-0.05, 0) is 48.9 Å². The molecule has 3 heterocycles. The number of thioether (sulfide) groups is 1. The van der Waals surface area contributed by atoms with Crippen LogP contribution < -0.4 is 5.32 Å². The molecule has 0 spiro atoms. The monoisotopic (exact) mass is 410 g/mol. The Morgan fingerprint density at radius 1 is 1.14 bits per heavy atom. The average molecular weight is 411 g/mol. The molecule has 0 aliphatic heterocycles. The summed E-state index contributed by atoms with van der Waals surface area (Å²) in [6.07, 6.45) is 3.38. The number of hydrogen-bond donors (Lipinski definition) is 1. The number of carbonyl (C=O) groups excluding carboxylic acids is 1. The van der Waals surface area contributed by atoms with Crippen molar-refractivity contribution in [3.05, 3.63) is 65.4 Å². The third-order valence-electron chi connectivity index (χ3n) is 3.98. The number of rotatable bonds is 5. The van der Waals surface area contributed by atoms with Crippen LogP contribution in [0.2, 0.25) is 5.02 Å². The number of aryl methyl sites for hydroxylation is 1. The number of carbonyl (C=O) groups is 1. The Morgan fingerprint density at radius 2 is 1.96 bits per heavy atom. The first kappa shape index (κ1) is 18.4.